The summed E-state index contributed by atoms with van der Waals surface area (Å²) in [7, 11) is 0. The summed E-state index contributed by atoms with van der Waals surface area (Å²) >= 11 is 0. The van der Waals surface area contributed by atoms with E-state index in [2.05, 4.69) is 29.6 Å². The van der Waals surface area contributed by atoms with Crippen LogP contribution < -0.4 is 5.32 Å². The molecule has 0 spiro atoms. The highest BCUT2D eigenvalue weighted by Gasteiger charge is 2.53. The average Bonchev–Trinajstić information content (AvgIpc) is 3.20. The monoisotopic (exact) mass is 434 g/mol. The number of amides is 1. The molecule has 0 bridgehead atoms. The second-order valence-corrected chi connectivity index (χ2v) is 10.1. The molecule has 5 heteroatoms. The number of carbonyl (C=O) groups excluding carboxylic acids is 2. The van der Waals surface area contributed by atoms with Gasteiger partial charge in [0.25, 0.3) is 0 Å². The molecule has 2 aromatic carbocycles. The topological polar surface area (TPSA) is 58.6 Å². The molecule has 0 radical (unpaired) electrons. The van der Waals surface area contributed by atoms with Gasteiger partial charge >= 0.3 is 5.97 Å². The minimum atomic E-state index is -0.738. The lowest BCUT2D eigenvalue weighted by molar-refractivity contribution is -0.167. The molecule has 3 atom stereocenters. The lowest BCUT2D eigenvalue weighted by Crippen LogP contribution is -2.65. The minimum absolute atomic E-state index is 0.0295. The zero-order valence-electron chi connectivity index (χ0n) is 19.3. The van der Waals surface area contributed by atoms with Gasteiger partial charge in [0.15, 0.2) is 0 Å². The van der Waals surface area contributed by atoms with Crippen LogP contribution in [0.15, 0.2) is 60.7 Å². The Labute approximate surface area is 191 Å². The van der Waals surface area contributed by atoms with E-state index in [1.807, 2.05) is 62.1 Å². The first-order valence-electron chi connectivity index (χ1n) is 11.7. The standard InChI is InChI=1S/C27H34N2O3/c1-26(2,3)32-24(30)23-15-14-22-16-17-27(25(31)29(22)23,18-20-10-6-4-7-11-20)28-19-21-12-8-5-9-13-21/h4-13,22-23,28H,14-19H2,1-3H3/t22-,23-,27-/m0/s1. The van der Waals surface area contributed by atoms with E-state index in [4.69, 9.17) is 4.74 Å². The summed E-state index contributed by atoms with van der Waals surface area (Å²) in [5, 5.41) is 3.63. The number of ether oxygens (including phenoxy) is 1. The van der Waals surface area contributed by atoms with E-state index in [1.165, 1.54) is 0 Å². The highest BCUT2D eigenvalue weighted by atomic mass is 16.6. The summed E-state index contributed by atoms with van der Waals surface area (Å²) in [6, 6.07) is 19.9. The number of hydrogen-bond acceptors (Lipinski definition) is 4. The summed E-state index contributed by atoms with van der Waals surface area (Å²) in [4.78, 5) is 28.9. The molecule has 1 N–H and O–H groups in total. The predicted molar refractivity (Wildman–Crippen MR) is 125 cm³/mol. The number of rotatable bonds is 6. The van der Waals surface area contributed by atoms with E-state index in [9.17, 15) is 9.59 Å². The number of nitrogens with one attached hydrogen (secondary N) is 1. The molecular weight excluding hydrogens is 400 g/mol. The van der Waals surface area contributed by atoms with Crippen molar-refractivity contribution in [2.75, 3.05) is 0 Å². The zero-order chi connectivity index (χ0) is 22.8. The van der Waals surface area contributed by atoms with Crippen LogP contribution in [0, 0.1) is 0 Å². The van der Waals surface area contributed by atoms with Crippen molar-refractivity contribution in [1.29, 1.82) is 0 Å². The molecular formula is C27H34N2O3. The number of benzene rings is 2. The largest absolute Gasteiger partial charge is 0.458 e. The fourth-order valence-corrected chi connectivity index (χ4v) is 5.04. The van der Waals surface area contributed by atoms with Crippen LogP contribution in [0.4, 0.5) is 0 Å². The molecule has 2 fully saturated rings. The lowest BCUT2D eigenvalue weighted by atomic mass is 9.79. The number of piperidine rings is 1. The van der Waals surface area contributed by atoms with Crippen molar-refractivity contribution in [2.45, 2.75) is 82.6 Å². The number of carbonyl (C=O) groups is 2. The van der Waals surface area contributed by atoms with Crippen LogP contribution in [0.2, 0.25) is 0 Å². The highest BCUT2D eigenvalue weighted by Crippen LogP contribution is 2.39. The molecule has 0 unspecified atom stereocenters. The molecule has 2 aliphatic rings. The second-order valence-electron chi connectivity index (χ2n) is 10.1. The van der Waals surface area contributed by atoms with E-state index in [-0.39, 0.29) is 17.9 Å². The van der Waals surface area contributed by atoms with Crippen LogP contribution in [0.3, 0.4) is 0 Å². The van der Waals surface area contributed by atoms with E-state index >= 15 is 0 Å². The van der Waals surface area contributed by atoms with Crippen LogP contribution in [-0.4, -0.2) is 40.0 Å². The van der Waals surface area contributed by atoms with Gasteiger partial charge in [0, 0.05) is 12.6 Å². The van der Waals surface area contributed by atoms with Gasteiger partial charge in [-0.1, -0.05) is 60.7 Å². The number of nitrogens with zero attached hydrogens (tertiary/aromatic N) is 1. The normalized spacial score (nSPS) is 25.5. The summed E-state index contributed by atoms with van der Waals surface area (Å²) < 4.78 is 5.68. The maximum absolute atomic E-state index is 14.1. The van der Waals surface area contributed by atoms with Gasteiger partial charge in [0.1, 0.15) is 17.2 Å². The Balaban J connectivity index is 1.61. The third kappa shape index (κ3) is 4.88. The van der Waals surface area contributed by atoms with Gasteiger partial charge in [-0.05, 0) is 64.0 Å². The molecule has 4 rings (SSSR count). The zero-order valence-corrected chi connectivity index (χ0v) is 19.3. The van der Waals surface area contributed by atoms with E-state index in [1.54, 1.807) is 0 Å². The van der Waals surface area contributed by atoms with Gasteiger partial charge in [-0.25, -0.2) is 4.79 Å². The fourth-order valence-electron chi connectivity index (χ4n) is 5.04. The van der Waals surface area contributed by atoms with Gasteiger partial charge in [-0.3, -0.25) is 10.1 Å². The Morgan fingerprint density at radius 2 is 1.62 bits per heavy atom. The lowest BCUT2D eigenvalue weighted by Gasteiger charge is -2.46. The number of fused-ring (bicyclic) bond motifs is 1. The molecule has 0 aromatic heterocycles. The van der Waals surface area contributed by atoms with Crippen LogP contribution >= 0.6 is 0 Å². The Bertz CT molecular complexity index is 938. The Kier molecular flexibility index (Phi) is 6.38. The molecule has 2 aliphatic heterocycles. The summed E-state index contributed by atoms with van der Waals surface area (Å²) in [5.74, 6) is -0.256. The quantitative estimate of drug-likeness (QED) is 0.691. The van der Waals surface area contributed by atoms with Crippen molar-refractivity contribution in [1.82, 2.24) is 10.2 Å². The Morgan fingerprint density at radius 1 is 1.00 bits per heavy atom. The SMILES string of the molecule is CC(C)(C)OC(=O)[C@@H]1CC[C@H]2CC[C@@](Cc3ccccc3)(NCc3ccccc3)C(=O)N21. The first-order chi connectivity index (χ1) is 15.3. The van der Waals surface area contributed by atoms with Gasteiger partial charge in [-0.15, -0.1) is 0 Å². The van der Waals surface area contributed by atoms with Gasteiger partial charge in [-0.2, -0.15) is 0 Å². The average molecular weight is 435 g/mol. The van der Waals surface area contributed by atoms with Crippen molar-refractivity contribution in [2.24, 2.45) is 0 Å². The van der Waals surface area contributed by atoms with Gasteiger partial charge in [0.05, 0.1) is 0 Å². The predicted octanol–water partition coefficient (Wildman–Crippen LogP) is 4.25. The smallest absolute Gasteiger partial charge is 0.329 e. The molecule has 1 amide bonds. The Hall–Kier alpha value is -2.66. The van der Waals surface area contributed by atoms with Crippen molar-refractivity contribution < 1.29 is 14.3 Å². The maximum atomic E-state index is 14.1. The molecule has 32 heavy (non-hydrogen) atoms. The minimum Gasteiger partial charge on any atom is -0.458 e. The van der Waals surface area contributed by atoms with Crippen LogP contribution in [0.1, 0.15) is 57.6 Å². The van der Waals surface area contributed by atoms with Crippen molar-refractivity contribution in [3.05, 3.63) is 71.8 Å². The fraction of sp³-hybridized carbons (Fsp3) is 0.481. The van der Waals surface area contributed by atoms with E-state index < -0.39 is 17.2 Å². The molecule has 2 aromatic rings. The number of hydrogen-bond donors (Lipinski definition) is 1. The highest BCUT2D eigenvalue weighted by molar-refractivity contribution is 5.92. The molecule has 2 saturated heterocycles. The molecule has 170 valence electrons. The summed E-state index contributed by atoms with van der Waals surface area (Å²) in [6.07, 6.45) is 3.78. The van der Waals surface area contributed by atoms with E-state index in [0.29, 0.717) is 19.4 Å². The third-order valence-electron chi connectivity index (χ3n) is 6.55. The van der Waals surface area contributed by atoms with Crippen molar-refractivity contribution >= 4 is 11.9 Å². The summed E-state index contributed by atoms with van der Waals surface area (Å²) in [6.45, 7) is 6.22. The Morgan fingerprint density at radius 3 is 2.25 bits per heavy atom. The molecule has 0 aliphatic carbocycles. The molecule has 5 nitrogen and oxygen atoms in total. The second kappa shape index (κ2) is 9.07. The van der Waals surface area contributed by atoms with Gasteiger partial charge in [0.2, 0.25) is 5.91 Å². The molecule has 0 saturated carbocycles. The van der Waals surface area contributed by atoms with Crippen LogP contribution in [-0.2, 0) is 27.3 Å². The number of esters is 1. The van der Waals surface area contributed by atoms with Crippen molar-refractivity contribution in [3.63, 3.8) is 0 Å². The van der Waals surface area contributed by atoms with Gasteiger partial charge < -0.3 is 9.64 Å². The van der Waals surface area contributed by atoms with Crippen LogP contribution in [0.5, 0.6) is 0 Å². The van der Waals surface area contributed by atoms with Crippen LogP contribution in [0.25, 0.3) is 0 Å². The summed E-state index contributed by atoms with van der Waals surface area (Å²) in [5.41, 5.74) is 0.951. The molecule has 2 heterocycles. The maximum Gasteiger partial charge on any atom is 0.329 e. The third-order valence-corrected chi connectivity index (χ3v) is 6.55. The first kappa shape index (κ1) is 22.5. The first-order valence-corrected chi connectivity index (χ1v) is 11.7. The van der Waals surface area contributed by atoms with E-state index in [0.717, 1.165) is 30.4 Å². The van der Waals surface area contributed by atoms with Crippen molar-refractivity contribution in [3.8, 4) is 0 Å².